The molecule has 0 saturated carbocycles. The van der Waals surface area contributed by atoms with Crippen LogP contribution >= 0.6 is 11.6 Å². The number of allylic oxidation sites excluding steroid dienone is 3. The van der Waals surface area contributed by atoms with E-state index in [2.05, 4.69) is 16.9 Å². The highest BCUT2D eigenvalue weighted by Gasteiger charge is 2.42. The molecule has 1 aliphatic carbocycles. The molecule has 2 unspecified atom stereocenters. The minimum atomic E-state index is -4.64. The number of rotatable bonds is 10. The van der Waals surface area contributed by atoms with Crippen molar-refractivity contribution in [1.82, 2.24) is 10.3 Å². The maximum Gasteiger partial charge on any atom is 0.413 e. The van der Waals surface area contributed by atoms with Crippen molar-refractivity contribution in [3.05, 3.63) is 135 Å². The number of hydrogen-bond acceptors (Lipinski definition) is 2. The van der Waals surface area contributed by atoms with Crippen LogP contribution in [0.4, 0.5) is 30.7 Å². The van der Waals surface area contributed by atoms with Gasteiger partial charge in [0.05, 0.1) is 10.7 Å². The Bertz CT molecular complexity index is 1510. The first kappa shape index (κ1) is 31.3. The van der Waals surface area contributed by atoms with Crippen molar-refractivity contribution in [3.63, 3.8) is 0 Å². The van der Waals surface area contributed by atoms with Crippen LogP contribution in [0.3, 0.4) is 0 Å². The molecule has 3 aromatic rings. The van der Waals surface area contributed by atoms with Crippen LogP contribution in [0.2, 0.25) is 5.02 Å². The van der Waals surface area contributed by atoms with E-state index >= 15 is 4.39 Å². The fraction of sp³-hybridized carbons (Fsp3) is 0.281. The van der Waals surface area contributed by atoms with E-state index in [0.29, 0.717) is 18.1 Å². The minimum absolute atomic E-state index is 0.00236. The summed E-state index contributed by atoms with van der Waals surface area (Å²) in [6, 6.07) is 15.1. The topological polar surface area (TPSA) is 24.9 Å². The molecular weight excluding hydrogens is 581 g/mol. The third-order valence-corrected chi connectivity index (χ3v) is 7.38. The highest BCUT2D eigenvalue weighted by atomic mass is 35.5. The summed E-state index contributed by atoms with van der Waals surface area (Å²) in [5.41, 5.74) is -1.50. The molecule has 2 atom stereocenters. The van der Waals surface area contributed by atoms with E-state index in [9.17, 15) is 26.3 Å². The van der Waals surface area contributed by atoms with Crippen LogP contribution < -0.4 is 5.32 Å². The van der Waals surface area contributed by atoms with Crippen LogP contribution in [0.1, 0.15) is 42.7 Å². The van der Waals surface area contributed by atoms with Crippen molar-refractivity contribution in [2.45, 2.75) is 56.9 Å². The summed E-state index contributed by atoms with van der Waals surface area (Å²) >= 11 is 6.10. The van der Waals surface area contributed by atoms with Gasteiger partial charge in [-0.15, -0.1) is 0 Å². The average Bonchev–Trinajstić information content (AvgIpc) is 3.31. The first-order chi connectivity index (χ1) is 19.6. The SMILES string of the molecule is C=C(NC(Cc1ccccc1)(c1cc(F)cc(CC(F)(F)C(C)F)c1)c1ccc(Cl)cn1)C1=C(C(F)(F)F)CC(C)=C1. The normalized spacial score (nSPS) is 16.2. The van der Waals surface area contributed by atoms with Gasteiger partial charge in [0.2, 0.25) is 0 Å². The molecule has 0 saturated heterocycles. The fourth-order valence-corrected chi connectivity index (χ4v) is 5.18. The number of benzene rings is 2. The van der Waals surface area contributed by atoms with E-state index in [4.69, 9.17) is 11.6 Å². The minimum Gasteiger partial charge on any atom is -0.370 e. The van der Waals surface area contributed by atoms with E-state index in [1.807, 2.05) is 0 Å². The number of alkyl halides is 6. The van der Waals surface area contributed by atoms with Crippen molar-refractivity contribution >= 4 is 11.6 Å². The second-order valence-electron chi connectivity index (χ2n) is 10.5. The van der Waals surface area contributed by atoms with E-state index in [-0.39, 0.29) is 46.0 Å². The molecule has 0 bridgehead atoms. The van der Waals surface area contributed by atoms with Gasteiger partial charge in [-0.25, -0.2) is 17.6 Å². The molecule has 0 fully saturated rings. The van der Waals surface area contributed by atoms with Crippen LogP contribution in [-0.4, -0.2) is 23.3 Å². The molecule has 222 valence electrons. The van der Waals surface area contributed by atoms with Crippen molar-refractivity contribution in [1.29, 1.82) is 0 Å². The molecule has 0 amide bonds. The molecule has 1 heterocycles. The Morgan fingerprint density at radius 3 is 2.29 bits per heavy atom. The van der Waals surface area contributed by atoms with Gasteiger partial charge in [-0.05, 0) is 61.2 Å². The zero-order chi connectivity index (χ0) is 30.9. The third-order valence-electron chi connectivity index (χ3n) is 7.15. The summed E-state index contributed by atoms with van der Waals surface area (Å²) in [6.07, 6.45) is -5.88. The molecule has 1 aliphatic rings. The average molecular weight is 609 g/mol. The Balaban J connectivity index is 1.97. The number of halogens is 8. The Labute approximate surface area is 244 Å². The molecule has 1 N–H and O–H groups in total. The Kier molecular flexibility index (Phi) is 8.92. The maximum atomic E-state index is 15.2. The number of nitrogens with one attached hydrogen (secondary N) is 1. The van der Waals surface area contributed by atoms with E-state index in [1.54, 1.807) is 37.3 Å². The maximum absolute atomic E-state index is 15.2. The third kappa shape index (κ3) is 6.89. The molecule has 0 aliphatic heterocycles. The standard InChI is InChI=1S/C32H28ClF7N2/c1-19-11-27(28(12-19)32(38,39)40)20(2)42-30(16-22-7-5-4-6-8-22,29-10-9-25(33)18-41-29)24-13-23(14-26(35)15-24)17-31(36,37)21(3)34/h4-11,13-15,18,21,42H,2,12,16-17H2,1,3H3. The highest BCUT2D eigenvalue weighted by Crippen LogP contribution is 2.42. The van der Waals surface area contributed by atoms with E-state index < -0.39 is 41.6 Å². The van der Waals surface area contributed by atoms with Crippen molar-refractivity contribution in [3.8, 4) is 0 Å². The van der Waals surface area contributed by atoms with Crippen LogP contribution in [0, 0.1) is 5.82 Å². The highest BCUT2D eigenvalue weighted by molar-refractivity contribution is 6.30. The largest absolute Gasteiger partial charge is 0.413 e. The summed E-state index contributed by atoms with van der Waals surface area (Å²) in [4.78, 5) is 4.43. The first-order valence-electron chi connectivity index (χ1n) is 13.0. The zero-order valence-electron chi connectivity index (χ0n) is 22.8. The molecule has 2 aromatic carbocycles. The smallest absolute Gasteiger partial charge is 0.370 e. The van der Waals surface area contributed by atoms with Crippen molar-refractivity contribution in [2.24, 2.45) is 0 Å². The molecule has 0 radical (unpaired) electrons. The summed E-state index contributed by atoms with van der Waals surface area (Å²) < 4.78 is 99.8. The van der Waals surface area contributed by atoms with Gasteiger partial charge in [-0.1, -0.05) is 66.2 Å². The summed E-state index contributed by atoms with van der Waals surface area (Å²) in [5, 5.41) is 3.37. The van der Waals surface area contributed by atoms with Crippen LogP contribution in [0.25, 0.3) is 0 Å². The van der Waals surface area contributed by atoms with Crippen LogP contribution in [0.15, 0.2) is 102 Å². The lowest BCUT2D eigenvalue weighted by Crippen LogP contribution is -2.46. The molecule has 0 spiro atoms. The van der Waals surface area contributed by atoms with E-state index in [1.165, 1.54) is 30.5 Å². The lowest BCUT2D eigenvalue weighted by Gasteiger charge is -2.38. The zero-order valence-corrected chi connectivity index (χ0v) is 23.6. The molecule has 2 nitrogen and oxygen atoms in total. The monoisotopic (exact) mass is 608 g/mol. The van der Waals surface area contributed by atoms with Crippen LogP contribution in [0.5, 0.6) is 0 Å². The quantitative estimate of drug-likeness (QED) is 0.232. The molecule has 4 rings (SSSR count). The summed E-state index contributed by atoms with van der Waals surface area (Å²) in [6.45, 7) is 6.21. The predicted octanol–water partition coefficient (Wildman–Crippen LogP) is 9.21. The van der Waals surface area contributed by atoms with Gasteiger partial charge in [-0.3, -0.25) is 4.98 Å². The van der Waals surface area contributed by atoms with Crippen molar-refractivity contribution < 1.29 is 30.7 Å². The number of pyridine rings is 1. The van der Waals surface area contributed by atoms with Gasteiger partial charge in [0, 0.05) is 35.9 Å². The number of hydrogen-bond donors (Lipinski definition) is 1. The van der Waals surface area contributed by atoms with Crippen LogP contribution in [-0.2, 0) is 18.4 Å². The molecular formula is C32H28ClF7N2. The lowest BCUT2D eigenvalue weighted by atomic mass is 9.79. The predicted molar refractivity (Wildman–Crippen MR) is 150 cm³/mol. The van der Waals surface area contributed by atoms with Gasteiger partial charge in [0.15, 0.2) is 6.17 Å². The Morgan fingerprint density at radius 2 is 1.69 bits per heavy atom. The second kappa shape index (κ2) is 12.0. The van der Waals surface area contributed by atoms with Gasteiger partial charge in [0.1, 0.15) is 11.4 Å². The molecule has 10 heteroatoms. The molecule has 1 aromatic heterocycles. The van der Waals surface area contributed by atoms with Gasteiger partial charge >= 0.3 is 6.18 Å². The van der Waals surface area contributed by atoms with Gasteiger partial charge in [0.25, 0.3) is 5.92 Å². The van der Waals surface area contributed by atoms with Gasteiger partial charge in [-0.2, -0.15) is 13.2 Å². The van der Waals surface area contributed by atoms with Gasteiger partial charge < -0.3 is 5.32 Å². The molecule has 42 heavy (non-hydrogen) atoms. The second-order valence-corrected chi connectivity index (χ2v) is 10.9. The van der Waals surface area contributed by atoms with E-state index in [0.717, 1.165) is 12.1 Å². The number of nitrogens with zero attached hydrogens (tertiary/aromatic N) is 1. The number of aromatic nitrogens is 1. The fourth-order valence-electron chi connectivity index (χ4n) is 5.07. The Hall–Kier alpha value is -3.59. The Morgan fingerprint density at radius 1 is 1.00 bits per heavy atom. The first-order valence-corrected chi connectivity index (χ1v) is 13.4. The summed E-state index contributed by atoms with van der Waals surface area (Å²) in [5.74, 6) is -4.68. The lowest BCUT2D eigenvalue weighted by molar-refractivity contribution is -0.0933. The van der Waals surface area contributed by atoms with Crippen molar-refractivity contribution in [2.75, 3.05) is 0 Å². The summed E-state index contributed by atoms with van der Waals surface area (Å²) in [7, 11) is 0.